The minimum atomic E-state index is -1.18. The molecular formula is C12H17N3O3. The van der Waals surface area contributed by atoms with Gasteiger partial charge in [-0.25, -0.2) is 9.78 Å². The molecule has 2 rings (SSSR count). The van der Waals surface area contributed by atoms with Crippen LogP contribution in [0.1, 0.15) is 47.7 Å². The number of carboxylic acids is 1. The number of aromatic carboxylic acids is 1. The second-order valence-corrected chi connectivity index (χ2v) is 5.13. The average Bonchev–Trinajstić information content (AvgIpc) is 2.94. The van der Waals surface area contributed by atoms with E-state index in [4.69, 9.17) is 5.11 Å². The molecular weight excluding hydrogens is 234 g/mol. The van der Waals surface area contributed by atoms with Gasteiger partial charge in [0, 0.05) is 6.54 Å². The molecule has 98 valence electrons. The third kappa shape index (κ3) is 2.23. The largest absolute Gasteiger partial charge is 0.477 e. The summed E-state index contributed by atoms with van der Waals surface area (Å²) in [7, 11) is 0. The Bertz CT molecular complexity index is 475. The maximum absolute atomic E-state index is 11.9. The number of carbonyl (C=O) groups excluding carboxylic acids is 1. The molecule has 0 spiro atoms. The van der Waals surface area contributed by atoms with E-state index in [0.29, 0.717) is 12.5 Å². The Hall–Kier alpha value is -1.85. The molecule has 6 heteroatoms. The van der Waals surface area contributed by atoms with Crippen LogP contribution in [0.3, 0.4) is 0 Å². The van der Waals surface area contributed by atoms with Crippen molar-refractivity contribution in [3.05, 3.63) is 17.7 Å². The molecule has 0 radical (unpaired) electrons. The van der Waals surface area contributed by atoms with Crippen molar-refractivity contribution in [3.8, 4) is 0 Å². The molecule has 0 saturated heterocycles. The van der Waals surface area contributed by atoms with Crippen LogP contribution < -0.4 is 5.32 Å². The molecule has 0 unspecified atom stereocenters. The maximum Gasteiger partial charge on any atom is 0.354 e. The van der Waals surface area contributed by atoms with Gasteiger partial charge in [-0.2, -0.15) is 0 Å². The van der Waals surface area contributed by atoms with Crippen molar-refractivity contribution in [1.29, 1.82) is 0 Å². The van der Waals surface area contributed by atoms with Crippen LogP contribution in [0.2, 0.25) is 0 Å². The molecule has 1 aromatic heterocycles. The van der Waals surface area contributed by atoms with E-state index >= 15 is 0 Å². The molecule has 1 aliphatic rings. The van der Waals surface area contributed by atoms with Gasteiger partial charge in [0.1, 0.15) is 0 Å². The van der Waals surface area contributed by atoms with E-state index in [9.17, 15) is 9.59 Å². The lowest BCUT2D eigenvalue weighted by Crippen LogP contribution is -2.33. The highest BCUT2D eigenvalue weighted by atomic mass is 16.4. The first-order valence-corrected chi connectivity index (χ1v) is 6.01. The number of nitrogens with zero attached hydrogens (tertiary/aromatic N) is 1. The highest BCUT2D eigenvalue weighted by Crippen LogP contribution is 2.51. The topological polar surface area (TPSA) is 95.1 Å². The quantitative estimate of drug-likeness (QED) is 0.734. The number of amides is 1. The van der Waals surface area contributed by atoms with Gasteiger partial charge in [-0.15, -0.1) is 0 Å². The average molecular weight is 251 g/mol. The summed E-state index contributed by atoms with van der Waals surface area (Å²) < 4.78 is 0. The van der Waals surface area contributed by atoms with Crippen molar-refractivity contribution in [1.82, 2.24) is 15.3 Å². The molecule has 1 heterocycles. The smallest absolute Gasteiger partial charge is 0.354 e. The number of nitrogens with one attached hydrogen (secondary N) is 2. The van der Waals surface area contributed by atoms with Crippen LogP contribution in [0, 0.1) is 11.3 Å². The normalized spacial score (nSPS) is 16.6. The molecule has 0 aromatic carbocycles. The number of rotatable bonds is 5. The monoisotopic (exact) mass is 251 g/mol. The van der Waals surface area contributed by atoms with Gasteiger partial charge in [-0.1, -0.05) is 13.8 Å². The number of aromatic amines is 1. The number of aromatic nitrogens is 2. The van der Waals surface area contributed by atoms with E-state index in [2.05, 4.69) is 29.1 Å². The Morgan fingerprint density at radius 2 is 2.22 bits per heavy atom. The molecule has 18 heavy (non-hydrogen) atoms. The van der Waals surface area contributed by atoms with Gasteiger partial charge in [-0.3, -0.25) is 4.79 Å². The second kappa shape index (κ2) is 4.44. The van der Waals surface area contributed by atoms with E-state index in [1.165, 1.54) is 6.33 Å². The van der Waals surface area contributed by atoms with Crippen molar-refractivity contribution in [2.45, 2.75) is 26.7 Å². The zero-order chi connectivity index (χ0) is 13.3. The lowest BCUT2D eigenvalue weighted by Gasteiger charge is -2.19. The molecule has 0 bridgehead atoms. The van der Waals surface area contributed by atoms with Gasteiger partial charge in [0.05, 0.1) is 6.33 Å². The molecule has 1 amide bonds. The Morgan fingerprint density at radius 3 is 2.72 bits per heavy atom. The predicted molar refractivity (Wildman–Crippen MR) is 64.4 cm³/mol. The first-order valence-electron chi connectivity index (χ1n) is 6.01. The SMILES string of the molecule is CC(C)C1(CNC(=O)c2nc[nH]c2C(=O)O)CC1. The van der Waals surface area contributed by atoms with Crippen molar-refractivity contribution >= 4 is 11.9 Å². The Morgan fingerprint density at radius 1 is 1.56 bits per heavy atom. The van der Waals surface area contributed by atoms with Crippen LogP contribution in [0.15, 0.2) is 6.33 Å². The molecule has 0 aliphatic heterocycles. The van der Waals surface area contributed by atoms with E-state index in [0.717, 1.165) is 12.8 Å². The molecule has 3 N–H and O–H groups in total. The van der Waals surface area contributed by atoms with Crippen LogP contribution in [0.5, 0.6) is 0 Å². The van der Waals surface area contributed by atoms with Crippen molar-refractivity contribution < 1.29 is 14.7 Å². The molecule has 1 aliphatic carbocycles. The minimum absolute atomic E-state index is 0.0537. The molecule has 1 aromatic rings. The fourth-order valence-electron chi connectivity index (χ4n) is 2.09. The summed E-state index contributed by atoms with van der Waals surface area (Å²) in [5.41, 5.74) is -0.0287. The lowest BCUT2D eigenvalue weighted by molar-refractivity contribution is 0.0684. The van der Waals surface area contributed by atoms with Gasteiger partial charge < -0.3 is 15.4 Å². The summed E-state index contributed by atoms with van der Waals surface area (Å²) in [6.45, 7) is 4.85. The zero-order valence-electron chi connectivity index (χ0n) is 10.5. The van der Waals surface area contributed by atoms with Crippen LogP contribution in [-0.4, -0.2) is 33.5 Å². The van der Waals surface area contributed by atoms with Gasteiger partial charge in [0.25, 0.3) is 5.91 Å². The van der Waals surface area contributed by atoms with Gasteiger partial charge in [0.15, 0.2) is 11.4 Å². The number of hydrogen-bond donors (Lipinski definition) is 3. The Labute approximate surface area is 105 Å². The molecule has 6 nitrogen and oxygen atoms in total. The summed E-state index contributed by atoms with van der Waals surface area (Å²) in [5, 5.41) is 11.7. The van der Waals surface area contributed by atoms with Crippen molar-refractivity contribution in [3.63, 3.8) is 0 Å². The maximum atomic E-state index is 11.9. The van der Waals surface area contributed by atoms with Gasteiger partial charge in [0.2, 0.25) is 0 Å². The fourth-order valence-corrected chi connectivity index (χ4v) is 2.09. The predicted octanol–water partition coefficient (Wildman–Crippen LogP) is 1.27. The summed E-state index contributed by atoms with van der Waals surface area (Å²) in [6.07, 6.45) is 3.43. The number of imidazole rings is 1. The minimum Gasteiger partial charge on any atom is -0.477 e. The number of carbonyl (C=O) groups is 2. The van der Waals surface area contributed by atoms with Crippen LogP contribution in [0.4, 0.5) is 0 Å². The van der Waals surface area contributed by atoms with E-state index in [1.54, 1.807) is 0 Å². The highest BCUT2D eigenvalue weighted by Gasteiger charge is 2.45. The molecule has 1 saturated carbocycles. The zero-order valence-corrected chi connectivity index (χ0v) is 10.5. The third-order valence-corrected chi connectivity index (χ3v) is 3.79. The molecule has 1 fully saturated rings. The Kier molecular flexibility index (Phi) is 3.11. The first-order chi connectivity index (χ1) is 8.46. The van der Waals surface area contributed by atoms with Crippen molar-refractivity contribution in [2.24, 2.45) is 11.3 Å². The molecule has 0 atom stereocenters. The first kappa shape index (κ1) is 12.6. The van der Waals surface area contributed by atoms with Crippen LogP contribution >= 0.6 is 0 Å². The Balaban J connectivity index is 2.00. The summed E-state index contributed by atoms with van der Waals surface area (Å²) >= 11 is 0. The summed E-state index contributed by atoms with van der Waals surface area (Å²) in [4.78, 5) is 28.9. The van der Waals surface area contributed by atoms with Crippen LogP contribution in [0.25, 0.3) is 0 Å². The van der Waals surface area contributed by atoms with E-state index in [1.807, 2.05) is 0 Å². The number of H-pyrrole nitrogens is 1. The summed E-state index contributed by atoms with van der Waals surface area (Å²) in [5.74, 6) is -1.10. The van der Waals surface area contributed by atoms with Gasteiger partial charge >= 0.3 is 5.97 Å². The standard InChI is InChI=1S/C12H17N3O3/c1-7(2)12(3-4-12)5-13-10(16)8-9(11(17)18)15-6-14-8/h6-7H,3-5H2,1-2H3,(H,13,16)(H,14,15)(H,17,18). The second-order valence-electron chi connectivity index (χ2n) is 5.13. The van der Waals surface area contributed by atoms with Gasteiger partial charge in [-0.05, 0) is 24.2 Å². The fraction of sp³-hybridized carbons (Fsp3) is 0.583. The van der Waals surface area contributed by atoms with E-state index in [-0.39, 0.29) is 16.8 Å². The highest BCUT2D eigenvalue weighted by molar-refractivity contribution is 6.02. The lowest BCUT2D eigenvalue weighted by atomic mass is 9.92. The van der Waals surface area contributed by atoms with Crippen molar-refractivity contribution in [2.75, 3.05) is 6.54 Å². The summed E-state index contributed by atoms with van der Waals surface area (Å²) in [6, 6.07) is 0. The van der Waals surface area contributed by atoms with E-state index < -0.39 is 11.9 Å². The van der Waals surface area contributed by atoms with Crippen LogP contribution in [-0.2, 0) is 0 Å². The third-order valence-electron chi connectivity index (χ3n) is 3.79. The number of hydrogen-bond acceptors (Lipinski definition) is 3. The number of carboxylic acid groups (broad SMARTS) is 1.